The number of carbonyl (C=O) groups excluding carboxylic acids is 2. The van der Waals surface area contributed by atoms with Gasteiger partial charge in [-0.3, -0.25) is 4.79 Å². The van der Waals surface area contributed by atoms with E-state index in [1.165, 1.54) is 0 Å². The highest BCUT2D eigenvalue weighted by Gasteiger charge is 2.44. The minimum absolute atomic E-state index is 0.00426. The lowest BCUT2D eigenvalue weighted by Gasteiger charge is -2.42. The number of halogens is 1. The number of aliphatic hydroxyl groups excluding tert-OH is 1. The molecule has 1 saturated carbocycles. The van der Waals surface area contributed by atoms with Crippen LogP contribution in [-0.2, 0) is 12.1 Å². The molecule has 2 aliphatic rings. The van der Waals surface area contributed by atoms with Crippen molar-refractivity contribution in [3.05, 3.63) is 64.4 Å². The third-order valence-corrected chi connectivity index (χ3v) is 7.13. The van der Waals surface area contributed by atoms with Crippen molar-refractivity contribution >= 4 is 40.2 Å². The molecule has 1 aromatic heterocycles. The number of fused-ring (bicyclic) bond motifs is 4. The third kappa shape index (κ3) is 4.14. The Morgan fingerprint density at radius 3 is 2.65 bits per heavy atom. The number of benzene rings is 2. The lowest BCUT2D eigenvalue weighted by Crippen LogP contribution is -2.52. The summed E-state index contributed by atoms with van der Waals surface area (Å²) < 4.78 is 6.24. The molecule has 2 aromatic carbocycles. The van der Waals surface area contributed by atoms with E-state index in [0.717, 1.165) is 48.6 Å². The van der Waals surface area contributed by atoms with Crippen LogP contribution in [0, 0.1) is 0 Å². The van der Waals surface area contributed by atoms with E-state index in [1.807, 2.05) is 30.3 Å². The summed E-state index contributed by atoms with van der Waals surface area (Å²) in [4.78, 5) is 27.7. The topological polar surface area (TPSA) is 94.8 Å². The van der Waals surface area contributed by atoms with E-state index in [9.17, 15) is 14.7 Å². The molecule has 0 bridgehead atoms. The normalized spacial score (nSPS) is 16.7. The fourth-order valence-electron chi connectivity index (χ4n) is 5.26. The van der Waals surface area contributed by atoms with E-state index >= 15 is 0 Å². The van der Waals surface area contributed by atoms with Crippen molar-refractivity contribution in [3.8, 4) is 0 Å². The summed E-state index contributed by atoms with van der Waals surface area (Å²) in [5, 5.41) is 16.5. The molecule has 0 saturated heterocycles. The van der Waals surface area contributed by atoms with Crippen molar-refractivity contribution in [2.24, 2.45) is 0 Å². The average molecular weight is 482 g/mol. The Morgan fingerprint density at radius 1 is 1.15 bits per heavy atom. The average Bonchev–Trinajstić information content (AvgIpc) is 3.26. The van der Waals surface area contributed by atoms with Gasteiger partial charge in [0.2, 0.25) is 0 Å². The molecule has 1 fully saturated rings. The number of furan rings is 1. The van der Waals surface area contributed by atoms with Crippen LogP contribution in [0.5, 0.6) is 0 Å². The molecule has 178 valence electrons. The number of nitrogens with one attached hydrogen (secondary N) is 2. The molecule has 0 radical (unpaired) electrons. The van der Waals surface area contributed by atoms with Crippen molar-refractivity contribution in [1.82, 2.24) is 10.2 Å². The van der Waals surface area contributed by atoms with Crippen LogP contribution in [0.4, 0.5) is 10.5 Å². The minimum Gasteiger partial charge on any atom is -0.450 e. The molecule has 3 N–H and O–H groups in total. The first kappa shape index (κ1) is 22.7. The van der Waals surface area contributed by atoms with Crippen molar-refractivity contribution in [1.29, 1.82) is 0 Å². The van der Waals surface area contributed by atoms with Crippen molar-refractivity contribution in [3.63, 3.8) is 0 Å². The number of carbonyl (C=O) groups is 2. The summed E-state index contributed by atoms with van der Waals surface area (Å²) in [7, 11) is 0. The molecule has 3 amide bonds. The number of urea groups is 1. The molecule has 3 aromatic rings. The van der Waals surface area contributed by atoms with Crippen LogP contribution in [0.3, 0.4) is 0 Å². The molecular weight excluding hydrogens is 454 g/mol. The Bertz CT molecular complexity index is 1220. The van der Waals surface area contributed by atoms with Crippen LogP contribution >= 0.6 is 11.6 Å². The van der Waals surface area contributed by atoms with Crippen LogP contribution in [0.25, 0.3) is 11.0 Å². The van der Waals surface area contributed by atoms with Crippen molar-refractivity contribution in [2.45, 2.75) is 50.6 Å². The number of aliphatic hydroxyl groups is 1. The quantitative estimate of drug-likeness (QED) is 0.439. The molecule has 5 rings (SSSR count). The molecule has 2 heterocycles. The zero-order valence-electron chi connectivity index (χ0n) is 18.9. The molecule has 0 unspecified atom stereocenters. The van der Waals surface area contributed by atoms with Gasteiger partial charge in [-0.25, -0.2) is 4.79 Å². The minimum atomic E-state index is -0.558. The Balaban J connectivity index is 1.56. The highest BCUT2D eigenvalue weighted by Crippen LogP contribution is 2.49. The van der Waals surface area contributed by atoms with Crippen LogP contribution in [0.15, 0.2) is 46.9 Å². The smallest absolute Gasteiger partial charge is 0.319 e. The second kappa shape index (κ2) is 9.31. The maximum Gasteiger partial charge on any atom is 0.319 e. The summed E-state index contributed by atoms with van der Waals surface area (Å²) >= 11 is 6.61. The van der Waals surface area contributed by atoms with Gasteiger partial charge < -0.3 is 25.1 Å². The van der Waals surface area contributed by atoms with Gasteiger partial charge in [0.25, 0.3) is 5.91 Å². The number of nitrogens with zero attached hydrogens (tertiary/aromatic N) is 1. The monoisotopic (exact) mass is 481 g/mol. The standard InChI is InChI=1S/C26H28ClN3O4/c27-19-14-18-15-20(24(32)30(12-7-13-31)16-17-8-3-1-4-9-17)34-23(18)21-22(19)28-25(33)29-26(21)10-5-2-6-11-26/h1,3-4,8-9,14-15,31H,2,5-7,10-13,16H2,(H2,28,29,33). The van der Waals surface area contributed by atoms with Crippen LogP contribution in [0.1, 0.15) is 60.2 Å². The Hall–Kier alpha value is -3.03. The highest BCUT2D eigenvalue weighted by molar-refractivity contribution is 6.35. The van der Waals surface area contributed by atoms with Gasteiger partial charge in [0, 0.05) is 30.6 Å². The maximum atomic E-state index is 13.5. The second-order valence-electron chi connectivity index (χ2n) is 9.15. The molecule has 1 aliphatic heterocycles. The second-order valence-corrected chi connectivity index (χ2v) is 9.56. The molecule has 1 spiro atoms. The van der Waals surface area contributed by atoms with E-state index in [-0.39, 0.29) is 24.3 Å². The molecule has 0 atom stereocenters. The number of hydrogen-bond donors (Lipinski definition) is 3. The summed E-state index contributed by atoms with van der Waals surface area (Å²) in [6, 6.07) is 12.9. The zero-order valence-corrected chi connectivity index (χ0v) is 19.7. The SMILES string of the molecule is O=C1Nc2c(Cl)cc3cc(C(=O)N(CCCO)Cc4ccccc4)oc3c2C2(CCCCC2)N1. The van der Waals surface area contributed by atoms with E-state index in [1.54, 1.807) is 17.0 Å². The zero-order chi connectivity index (χ0) is 23.7. The summed E-state index contributed by atoms with van der Waals surface area (Å²) in [6.45, 7) is 0.814. The largest absolute Gasteiger partial charge is 0.450 e. The van der Waals surface area contributed by atoms with Gasteiger partial charge in [0.1, 0.15) is 5.58 Å². The lowest BCUT2D eigenvalue weighted by atomic mass is 9.74. The Labute approximate surface area is 203 Å². The van der Waals surface area contributed by atoms with Gasteiger partial charge in [0.15, 0.2) is 5.76 Å². The molecule has 8 heteroatoms. The van der Waals surface area contributed by atoms with Crippen LogP contribution in [0.2, 0.25) is 5.02 Å². The van der Waals surface area contributed by atoms with Gasteiger partial charge in [-0.1, -0.05) is 61.2 Å². The van der Waals surface area contributed by atoms with E-state index in [2.05, 4.69) is 10.6 Å². The predicted octanol–water partition coefficient (Wildman–Crippen LogP) is 5.41. The van der Waals surface area contributed by atoms with Crippen LogP contribution < -0.4 is 10.6 Å². The Kier molecular flexibility index (Phi) is 6.23. The molecule has 1 aliphatic carbocycles. The fourth-order valence-corrected chi connectivity index (χ4v) is 5.52. The van der Waals surface area contributed by atoms with Gasteiger partial charge >= 0.3 is 6.03 Å². The fraction of sp³-hybridized carbons (Fsp3) is 0.385. The number of rotatable bonds is 6. The van der Waals surface area contributed by atoms with Gasteiger partial charge in [0.05, 0.1) is 16.2 Å². The summed E-state index contributed by atoms with van der Waals surface area (Å²) in [5.41, 5.74) is 2.42. The van der Waals surface area contributed by atoms with Gasteiger partial charge in [-0.15, -0.1) is 0 Å². The van der Waals surface area contributed by atoms with Gasteiger partial charge in [-0.2, -0.15) is 0 Å². The van der Waals surface area contributed by atoms with Crippen molar-refractivity contribution in [2.75, 3.05) is 18.5 Å². The van der Waals surface area contributed by atoms with Crippen LogP contribution in [-0.4, -0.2) is 35.1 Å². The summed E-state index contributed by atoms with van der Waals surface area (Å²) in [5.74, 6) is -0.0277. The number of anilines is 1. The first-order valence-electron chi connectivity index (χ1n) is 11.8. The van der Waals surface area contributed by atoms with Gasteiger partial charge in [-0.05, 0) is 37.0 Å². The first-order valence-corrected chi connectivity index (χ1v) is 12.2. The highest BCUT2D eigenvalue weighted by atomic mass is 35.5. The number of hydrogen-bond acceptors (Lipinski definition) is 4. The first-order chi connectivity index (χ1) is 16.5. The predicted molar refractivity (Wildman–Crippen MR) is 131 cm³/mol. The van der Waals surface area contributed by atoms with Crippen molar-refractivity contribution < 1.29 is 19.1 Å². The molecule has 7 nitrogen and oxygen atoms in total. The maximum absolute atomic E-state index is 13.5. The van der Waals surface area contributed by atoms with E-state index in [4.69, 9.17) is 16.0 Å². The molecule has 34 heavy (non-hydrogen) atoms. The number of amides is 3. The molecular formula is C26H28ClN3O4. The lowest BCUT2D eigenvalue weighted by molar-refractivity contribution is 0.0702. The van der Waals surface area contributed by atoms with E-state index in [0.29, 0.717) is 35.8 Å². The Morgan fingerprint density at radius 2 is 1.91 bits per heavy atom. The third-order valence-electron chi connectivity index (χ3n) is 6.84. The van der Waals surface area contributed by atoms with E-state index < -0.39 is 5.54 Å². The summed E-state index contributed by atoms with van der Waals surface area (Å²) in [6.07, 6.45) is 5.16.